The molecule has 2 atom stereocenters. The fraction of sp³-hybridized carbons (Fsp3) is 0.944. The van der Waals surface area contributed by atoms with Gasteiger partial charge in [0.25, 0.3) is 0 Å². The van der Waals surface area contributed by atoms with Crippen LogP contribution in [0.15, 0.2) is 0 Å². The van der Waals surface area contributed by atoms with E-state index >= 15 is 0 Å². The summed E-state index contributed by atoms with van der Waals surface area (Å²) in [5.74, 6) is -0.0710. The summed E-state index contributed by atoms with van der Waals surface area (Å²) < 4.78 is 12.0. The first-order valence-corrected chi connectivity index (χ1v) is 11.8. The first-order chi connectivity index (χ1) is 10.6. The Labute approximate surface area is 137 Å². The van der Waals surface area contributed by atoms with Crippen molar-refractivity contribution in [2.24, 2.45) is 11.3 Å². The van der Waals surface area contributed by atoms with Crippen molar-refractivity contribution >= 4 is 14.3 Å². The quantitative estimate of drug-likeness (QED) is 0.514. The molecule has 0 heterocycles. The molecular weight excluding hydrogens is 292 g/mol. The van der Waals surface area contributed by atoms with Crippen molar-refractivity contribution in [3.63, 3.8) is 0 Å². The van der Waals surface area contributed by atoms with Crippen molar-refractivity contribution in [3.05, 3.63) is 0 Å². The molecule has 0 aromatic heterocycles. The molecule has 2 fully saturated rings. The third-order valence-corrected chi connectivity index (χ3v) is 11.2. The number of esters is 1. The summed E-state index contributed by atoms with van der Waals surface area (Å²) in [6.07, 6.45) is 8.65. The highest BCUT2D eigenvalue weighted by Crippen LogP contribution is 2.54. The van der Waals surface area contributed by atoms with E-state index in [4.69, 9.17) is 9.16 Å². The largest absolute Gasteiger partial charge is 0.469 e. The average Bonchev–Trinajstić information content (AvgIpc) is 2.90. The van der Waals surface area contributed by atoms with Gasteiger partial charge in [-0.1, -0.05) is 40.0 Å². The molecular formula is C18H34O3Si. The summed E-state index contributed by atoms with van der Waals surface area (Å²) in [4.78, 5) is 12.3. The van der Waals surface area contributed by atoms with E-state index < -0.39 is 8.32 Å². The van der Waals surface area contributed by atoms with E-state index in [2.05, 4.69) is 20.8 Å². The molecule has 1 spiro atoms. The molecule has 0 unspecified atom stereocenters. The van der Waals surface area contributed by atoms with Crippen LogP contribution in [-0.4, -0.2) is 27.5 Å². The normalized spacial score (nSPS) is 28.0. The highest BCUT2D eigenvalue weighted by atomic mass is 28.4. The van der Waals surface area contributed by atoms with Gasteiger partial charge in [-0.2, -0.15) is 0 Å². The molecule has 3 nitrogen and oxygen atoms in total. The molecule has 2 aliphatic carbocycles. The van der Waals surface area contributed by atoms with Gasteiger partial charge in [0.2, 0.25) is 0 Å². The SMILES string of the molecule is CC[Si](CC)(CC)O[C@H]1[C@@H](C(=O)OC)CCC12CCCCC2. The number of rotatable bonds is 6. The highest BCUT2D eigenvalue weighted by Gasteiger charge is 2.54. The first kappa shape index (κ1) is 18.0. The molecule has 128 valence electrons. The smallest absolute Gasteiger partial charge is 0.311 e. The Hall–Kier alpha value is -0.353. The van der Waals surface area contributed by atoms with E-state index in [0.717, 1.165) is 31.0 Å². The van der Waals surface area contributed by atoms with Crippen LogP contribution in [0.2, 0.25) is 18.1 Å². The lowest BCUT2D eigenvalue weighted by atomic mass is 9.71. The monoisotopic (exact) mass is 326 g/mol. The Morgan fingerprint density at radius 1 is 1.05 bits per heavy atom. The second kappa shape index (κ2) is 7.48. The van der Waals surface area contributed by atoms with Crippen LogP contribution in [0.25, 0.3) is 0 Å². The third kappa shape index (κ3) is 3.28. The highest BCUT2D eigenvalue weighted by molar-refractivity contribution is 6.73. The lowest BCUT2D eigenvalue weighted by Gasteiger charge is -2.44. The zero-order chi connectivity index (χ0) is 16.2. The lowest BCUT2D eigenvalue weighted by Crippen LogP contribution is -2.49. The standard InChI is InChI=1S/C18H34O3Si/c1-5-22(6-2,7-3)21-16-15(17(19)20-4)11-14-18(16)12-9-8-10-13-18/h15-16H,5-14H2,1-4H3/t15-,16-/m0/s1. The van der Waals surface area contributed by atoms with Gasteiger partial charge in [-0.25, -0.2) is 0 Å². The molecule has 0 radical (unpaired) electrons. The molecule has 2 rings (SSSR count). The average molecular weight is 327 g/mol. The molecule has 0 saturated heterocycles. The number of hydrogen-bond donors (Lipinski definition) is 0. The molecule has 22 heavy (non-hydrogen) atoms. The molecule has 0 aromatic rings. The second-order valence-corrected chi connectivity index (χ2v) is 12.1. The van der Waals surface area contributed by atoms with Crippen LogP contribution >= 0.6 is 0 Å². The van der Waals surface area contributed by atoms with Crippen molar-refractivity contribution in [2.75, 3.05) is 7.11 Å². The van der Waals surface area contributed by atoms with Crippen molar-refractivity contribution in [3.8, 4) is 0 Å². The predicted molar refractivity (Wildman–Crippen MR) is 92.3 cm³/mol. The van der Waals surface area contributed by atoms with E-state index in [1.165, 1.54) is 39.2 Å². The van der Waals surface area contributed by atoms with E-state index in [1.54, 1.807) is 0 Å². The lowest BCUT2D eigenvalue weighted by molar-refractivity contribution is -0.149. The molecule has 0 aromatic carbocycles. The van der Waals surface area contributed by atoms with Gasteiger partial charge in [-0.3, -0.25) is 4.79 Å². The number of ether oxygens (including phenoxy) is 1. The van der Waals surface area contributed by atoms with Gasteiger partial charge in [0.05, 0.1) is 19.1 Å². The van der Waals surface area contributed by atoms with Crippen LogP contribution in [-0.2, 0) is 14.0 Å². The van der Waals surface area contributed by atoms with Crippen molar-refractivity contribution in [2.45, 2.75) is 90.0 Å². The number of carbonyl (C=O) groups excluding carboxylic acids is 1. The maximum atomic E-state index is 12.3. The first-order valence-electron chi connectivity index (χ1n) is 9.32. The van der Waals surface area contributed by atoms with Gasteiger partial charge in [-0.15, -0.1) is 0 Å². The topological polar surface area (TPSA) is 35.5 Å². The Balaban J connectivity index is 2.27. The maximum Gasteiger partial charge on any atom is 0.311 e. The fourth-order valence-corrected chi connectivity index (χ4v) is 7.78. The zero-order valence-electron chi connectivity index (χ0n) is 15.0. The van der Waals surface area contributed by atoms with Gasteiger partial charge >= 0.3 is 5.97 Å². The van der Waals surface area contributed by atoms with Gasteiger partial charge in [-0.05, 0) is 49.2 Å². The third-order valence-electron chi connectivity index (χ3n) is 6.59. The maximum absolute atomic E-state index is 12.3. The molecule has 4 heteroatoms. The molecule has 2 aliphatic rings. The molecule has 0 N–H and O–H groups in total. The van der Waals surface area contributed by atoms with Crippen LogP contribution in [0.5, 0.6) is 0 Å². The molecule has 2 saturated carbocycles. The molecule has 0 bridgehead atoms. The summed E-state index contributed by atoms with van der Waals surface area (Å²) in [6, 6.07) is 3.46. The zero-order valence-corrected chi connectivity index (χ0v) is 16.0. The Kier molecular flexibility index (Phi) is 6.12. The Bertz CT molecular complexity index is 364. The number of hydrogen-bond acceptors (Lipinski definition) is 3. The predicted octanol–water partition coefficient (Wildman–Crippen LogP) is 4.91. The fourth-order valence-electron chi connectivity index (χ4n) is 4.82. The van der Waals surface area contributed by atoms with Gasteiger partial charge < -0.3 is 9.16 Å². The summed E-state index contributed by atoms with van der Waals surface area (Å²) in [5.41, 5.74) is 0.259. The van der Waals surface area contributed by atoms with Crippen LogP contribution < -0.4 is 0 Å². The van der Waals surface area contributed by atoms with Gasteiger partial charge in [0.15, 0.2) is 8.32 Å². The number of carbonyl (C=O) groups is 1. The summed E-state index contributed by atoms with van der Waals surface area (Å²) in [6.45, 7) is 6.82. The van der Waals surface area contributed by atoms with Crippen LogP contribution in [0.1, 0.15) is 65.7 Å². The number of methoxy groups -OCH3 is 1. The Morgan fingerprint density at radius 2 is 1.64 bits per heavy atom. The van der Waals surface area contributed by atoms with E-state index in [1.807, 2.05) is 0 Å². The van der Waals surface area contributed by atoms with Gasteiger partial charge in [0.1, 0.15) is 0 Å². The molecule has 0 amide bonds. The Morgan fingerprint density at radius 3 is 2.14 bits per heavy atom. The van der Waals surface area contributed by atoms with Crippen LogP contribution in [0.3, 0.4) is 0 Å². The van der Waals surface area contributed by atoms with E-state index in [9.17, 15) is 4.79 Å². The minimum absolute atomic E-state index is 0.0281. The molecule has 0 aliphatic heterocycles. The second-order valence-electron chi connectivity index (χ2n) is 7.37. The van der Waals surface area contributed by atoms with Crippen molar-refractivity contribution in [1.82, 2.24) is 0 Å². The minimum Gasteiger partial charge on any atom is -0.469 e. The van der Waals surface area contributed by atoms with Crippen molar-refractivity contribution < 1.29 is 14.0 Å². The summed E-state index contributed by atoms with van der Waals surface area (Å²) >= 11 is 0. The van der Waals surface area contributed by atoms with Crippen LogP contribution in [0.4, 0.5) is 0 Å². The summed E-state index contributed by atoms with van der Waals surface area (Å²) in [7, 11) is -0.177. The summed E-state index contributed by atoms with van der Waals surface area (Å²) in [5, 5.41) is 0. The van der Waals surface area contributed by atoms with Crippen LogP contribution in [0, 0.1) is 11.3 Å². The van der Waals surface area contributed by atoms with E-state index in [-0.39, 0.29) is 23.4 Å². The minimum atomic E-state index is -1.70. The van der Waals surface area contributed by atoms with E-state index in [0.29, 0.717) is 0 Å². The van der Waals surface area contributed by atoms with Crippen molar-refractivity contribution in [1.29, 1.82) is 0 Å². The van der Waals surface area contributed by atoms with Gasteiger partial charge in [0, 0.05) is 0 Å².